The van der Waals surface area contributed by atoms with Crippen LogP contribution >= 0.6 is 0 Å². The van der Waals surface area contributed by atoms with Crippen molar-refractivity contribution in [3.63, 3.8) is 0 Å². The quantitative estimate of drug-likeness (QED) is 0.854. The zero-order valence-electron chi connectivity index (χ0n) is 14.6. The number of para-hydroxylation sites is 1. The molecule has 2 aromatic rings. The van der Waals surface area contributed by atoms with E-state index in [0.717, 1.165) is 23.4 Å². The minimum absolute atomic E-state index is 0.0853. The van der Waals surface area contributed by atoms with Gasteiger partial charge in [0.25, 0.3) is 5.91 Å². The number of halogens is 3. The summed E-state index contributed by atoms with van der Waals surface area (Å²) in [6.45, 7) is 2.40. The predicted octanol–water partition coefficient (Wildman–Crippen LogP) is 2.83. The highest BCUT2D eigenvalue weighted by molar-refractivity contribution is 5.95. The molecule has 146 valence electrons. The molecule has 0 bridgehead atoms. The number of piperidine rings is 1. The monoisotopic (exact) mass is 383 g/mol. The number of carbonyl (C=O) groups excluding carboxylic acids is 1. The van der Waals surface area contributed by atoms with Gasteiger partial charge in [-0.1, -0.05) is 12.1 Å². The van der Waals surface area contributed by atoms with Crippen molar-refractivity contribution in [2.45, 2.75) is 32.0 Å². The van der Waals surface area contributed by atoms with Gasteiger partial charge in [0.1, 0.15) is 0 Å². The molecule has 3 rings (SSSR count). The smallest absolute Gasteiger partial charge is 0.418 e. The van der Waals surface area contributed by atoms with Crippen molar-refractivity contribution in [1.82, 2.24) is 14.7 Å². The Morgan fingerprint density at radius 3 is 2.70 bits per heavy atom. The third-order valence-electron chi connectivity index (χ3n) is 4.78. The van der Waals surface area contributed by atoms with Gasteiger partial charge in [-0.15, -0.1) is 0 Å². The van der Waals surface area contributed by atoms with Crippen molar-refractivity contribution in [3.8, 4) is 11.4 Å². The third kappa shape index (κ3) is 3.92. The van der Waals surface area contributed by atoms with Crippen LogP contribution in [0.5, 0.6) is 5.75 Å². The number of aromatic hydroxyl groups is 1. The Balaban J connectivity index is 1.91. The van der Waals surface area contributed by atoms with E-state index in [4.69, 9.17) is 0 Å². The normalized spacial score (nSPS) is 19.1. The molecule has 0 radical (unpaired) electrons. The molecule has 27 heavy (non-hydrogen) atoms. The van der Waals surface area contributed by atoms with Gasteiger partial charge in [-0.3, -0.25) is 4.79 Å². The molecule has 1 fully saturated rings. The number of alkyl halides is 3. The lowest BCUT2D eigenvalue weighted by molar-refractivity contribution is -0.137. The first-order valence-electron chi connectivity index (χ1n) is 8.61. The number of aliphatic hydroxyl groups is 1. The summed E-state index contributed by atoms with van der Waals surface area (Å²) >= 11 is 0. The summed E-state index contributed by atoms with van der Waals surface area (Å²) in [6.07, 6.45) is -2.71. The molecule has 1 aromatic carbocycles. The summed E-state index contributed by atoms with van der Waals surface area (Å²) in [5.41, 5.74) is -1.50. The van der Waals surface area contributed by atoms with Gasteiger partial charge in [0, 0.05) is 19.0 Å². The number of carbonyl (C=O) groups is 1. The van der Waals surface area contributed by atoms with Crippen molar-refractivity contribution in [3.05, 3.63) is 41.7 Å². The van der Waals surface area contributed by atoms with Crippen LogP contribution in [0, 0.1) is 5.92 Å². The van der Waals surface area contributed by atoms with Gasteiger partial charge >= 0.3 is 6.18 Å². The van der Waals surface area contributed by atoms with E-state index < -0.39 is 29.5 Å². The molecule has 1 saturated heterocycles. The maximum absolute atomic E-state index is 13.2. The fourth-order valence-electron chi connectivity index (χ4n) is 3.29. The van der Waals surface area contributed by atoms with Gasteiger partial charge in [-0.25, -0.2) is 4.68 Å². The van der Waals surface area contributed by atoms with Crippen LogP contribution in [0.2, 0.25) is 0 Å². The summed E-state index contributed by atoms with van der Waals surface area (Å²) in [6, 6.07) is 4.80. The Bertz CT molecular complexity index is 833. The molecule has 6 nitrogen and oxygen atoms in total. The second-order valence-corrected chi connectivity index (χ2v) is 6.72. The SMILES string of the molecule is C[C@@H](O)[C@@H]1CCCN(C(=O)c2nn(-c3ccccc3C(F)(F)F)cc2O)C1. The van der Waals surface area contributed by atoms with E-state index in [1.807, 2.05) is 0 Å². The van der Waals surface area contributed by atoms with E-state index in [0.29, 0.717) is 19.5 Å². The fourth-order valence-corrected chi connectivity index (χ4v) is 3.29. The number of amides is 1. The fraction of sp³-hybridized carbons (Fsp3) is 0.444. The molecular formula is C18H20F3N3O3. The summed E-state index contributed by atoms with van der Waals surface area (Å²) in [4.78, 5) is 14.2. The average molecular weight is 383 g/mol. The zero-order chi connectivity index (χ0) is 19.8. The Morgan fingerprint density at radius 2 is 2.04 bits per heavy atom. The first-order valence-corrected chi connectivity index (χ1v) is 8.61. The van der Waals surface area contributed by atoms with E-state index in [-0.39, 0.29) is 17.3 Å². The Morgan fingerprint density at radius 1 is 1.33 bits per heavy atom. The number of benzene rings is 1. The van der Waals surface area contributed by atoms with Crippen LogP contribution in [0.4, 0.5) is 13.2 Å². The van der Waals surface area contributed by atoms with Crippen LogP contribution < -0.4 is 0 Å². The zero-order valence-corrected chi connectivity index (χ0v) is 14.6. The first-order chi connectivity index (χ1) is 12.7. The van der Waals surface area contributed by atoms with E-state index in [1.165, 1.54) is 23.1 Å². The third-order valence-corrected chi connectivity index (χ3v) is 4.78. The van der Waals surface area contributed by atoms with E-state index >= 15 is 0 Å². The number of rotatable bonds is 3. The van der Waals surface area contributed by atoms with Crippen LogP contribution in [0.25, 0.3) is 5.69 Å². The van der Waals surface area contributed by atoms with Gasteiger partial charge in [-0.05, 0) is 31.9 Å². The molecule has 0 saturated carbocycles. The van der Waals surface area contributed by atoms with Crippen LogP contribution in [-0.4, -0.2) is 50.0 Å². The highest BCUT2D eigenvalue weighted by Crippen LogP contribution is 2.34. The number of aliphatic hydroxyl groups excluding tert-OH is 1. The number of hydrogen-bond donors (Lipinski definition) is 2. The maximum Gasteiger partial charge on any atom is 0.418 e. The maximum atomic E-state index is 13.2. The van der Waals surface area contributed by atoms with E-state index in [2.05, 4.69) is 5.10 Å². The standard InChI is InChI=1S/C18H20F3N3O3/c1-11(25)12-5-4-8-23(9-12)17(27)16-15(26)10-24(22-16)14-7-3-2-6-13(14)18(19,20)21/h2-3,6-7,10-12,25-26H,4-5,8-9H2,1H3/t11-,12-/m1/s1. The molecule has 2 atom stereocenters. The minimum Gasteiger partial charge on any atom is -0.504 e. The van der Waals surface area contributed by atoms with Crippen LogP contribution in [0.15, 0.2) is 30.5 Å². The second-order valence-electron chi connectivity index (χ2n) is 6.72. The van der Waals surface area contributed by atoms with Crippen molar-refractivity contribution < 1.29 is 28.2 Å². The Kier molecular flexibility index (Phi) is 5.14. The van der Waals surface area contributed by atoms with Crippen molar-refractivity contribution >= 4 is 5.91 Å². The molecule has 2 N–H and O–H groups in total. The summed E-state index contributed by atoms with van der Waals surface area (Å²) in [5, 5.41) is 23.8. The highest BCUT2D eigenvalue weighted by atomic mass is 19.4. The molecular weight excluding hydrogens is 363 g/mol. The molecule has 0 unspecified atom stereocenters. The van der Waals surface area contributed by atoms with Gasteiger partial charge in [0.05, 0.1) is 23.6 Å². The van der Waals surface area contributed by atoms with Crippen molar-refractivity contribution in [2.24, 2.45) is 5.92 Å². The number of likely N-dealkylation sites (tertiary alicyclic amines) is 1. The molecule has 0 spiro atoms. The lowest BCUT2D eigenvalue weighted by Gasteiger charge is -2.33. The topological polar surface area (TPSA) is 78.6 Å². The lowest BCUT2D eigenvalue weighted by atomic mass is 9.93. The summed E-state index contributed by atoms with van der Waals surface area (Å²) in [7, 11) is 0. The van der Waals surface area contributed by atoms with Crippen molar-refractivity contribution in [2.75, 3.05) is 13.1 Å². The lowest BCUT2D eigenvalue weighted by Crippen LogP contribution is -2.43. The van der Waals surface area contributed by atoms with Gasteiger partial charge in [0.15, 0.2) is 11.4 Å². The molecule has 0 aliphatic carbocycles. The molecule has 1 amide bonds. The van der Waals surface area contributed by atoms with Gasteiger partial charge in [0.2, 0.25) is 0 Å². The number of aromatic nitrogens is 2. The molecule has 1 aliphatic rings. The van der Waals surface area contributed by atoms with Crippen LogP contribution in [-0.2, 0) is 6.18 Å². The first kappa shape index (κ1) is 19.2. The van der Waals surface area contributed by atoms with E-state index in [9.17, 15) is 28.2 Å². The average Bonchev–Trinajstić information content (AvgIpc) is 3.02. The number of hydrogen-bond acceptors (Lipinski definition) is 4. The summed E-state index contributed by atoms with van der Waals surface area (Å²) < 4.78 is 40.5. The minimum atomic E-state index is -4.60. The second kappa shape index (κ2) is 7.22. The van der Waals surface area contributed by atoms with Gasteiger partial charge < -0.3 is 15.1 Å². The number of nitrogens with zero attached hydrogens (tertiary/aromatic N) is 3. The van der Waals surface area contributed by atoms with Gasteiger partial charge in [-0.2, -0.15) is 18.3 Å². The Labute approximate surface area is 153 Å². The predicted molar refractivity (Wildman–Crippen MR) is 90.5 cm³/mol. The molecule has 1 aromatic heterocycles. The molecule has 1 aliphatic heterocycles. The van der Waals surface area contributed by atoms with E-state index in [1.54, 1.807) is 6.92 Å². The van der Waals surface area contributed by atoms with Crippen molar-refractivity contribution in [1.29, 1.82) is 0 Å². The largest absolute Gasteiger partial charge is 0.504 e. The molecule has 9 heteroatoms. The summed E-state index contributed by atoms with van der Waals surface area (Å²) in [5.74, 6) is -1.14. The van der Waals surface area contributed by atoms with Crippen LogP contribution in [0.3, 0.4) is 0 Å². The Hall–Kier alpha value is -2.55. The van der Waals surface area contributed by atoms with Crippen LogP contribution in [0.1, 0.15) is 35.8 Å². The molecule has 2 heterocycles. The highest BCUT2D eigenvalue weighted by Gasteiger charge is 2.35.